The van der Waals surface area contributed by atoms with Gasteiger partial charge >= 0.3 is 0 Å². The Kier molecular flexibility index (Phi) is 4.40. The molecule has 2 aromatic carbocycles. The minimum atomic E-state index is -0.343. The molecule has 0 aromatic heterocycles. The van der Waals surface area contributed by atoms with Crippen molar-refractivity contribution in [3.8, 4) is 0 Å². The lowest BCUT2D eigenvalue weighted by Gasteiger charge is -2.15. The summed E-state index contributed by atoms with van der Waals surface area (Å²) in [7, 11) is 0. The lowest BCUT2D eigenvalue weighted by atomic mass is 10.1. The van der Waals surface area contributed by atoms with Crippen molar-refractivity contribution in [2.24, 2.45) is 0 Å². The van der Waals surface area contributed by atoms with E-state index in [4.69, 9.17) is 11.6 Å². The average Bonchev–Trinajstić information content (AvgIpc) is 2.39. The van der Waals surface area contributed by atoms with E-state index in [1.54, 1.807) is 19.1 Å². The first kappa shape index (κ1) is 14.5. The van der Waals surface area contributed by atoms with Crippen molar-refractivity contribution in [2.45, 2.75) is 19.9 Å². The Morgan fingerprint density at radius 3 is 2.45 bits per heavy atom. The molecule has 0 aliphatic carbocycles. The standard InChI is InChI=1S/C16H15ClFNO/c1-10-9-14(18)7-8-15(10)16(20)19-11(2)12-3-5-13(17)6-4-12/h3-9,11H,1-2H3,(H,19,20). The van der Waals surface area contributed by atoms with E-state index in [1.807, 2.05) is 19.1 Å². The summed E-state index contributed by atoms with van der Waals surface area (Å²) < 4.78 is 13.0. The number of nitrogens with one attached hydrogen (secondary N) is 1. The Labute approximate surface area is 122 Å². The van der Waals surface area contributed by atoms with Gasteiger partial charge < -0.3 is 5.32 Å². The molecular weight excluding hydrogens is 277 g/mol. The summed E-state index contributed by atoms with van der Waals surface area (Å²) in [6.07, 6.45) is 0. The van der Waals surface area contributed by atoms with E-state index >= 15 is 0 Å². The number of carbonyl (C=O) groups is 1. The van der Waals surface area contributed by atoms with Crippen LogP contribution in [0.4, 0.5) is 4.39 Å². The van der Waals surface area contributed by atoms with Gasteiger partial charge in [0.05, 0.1) is 6.04 Å². The maximum Gasteiger partial charge on any atom is 0.252 e. The molecule has 1 unspecified atom stereocenters. The first-order valence-corrected chi connectivity index (χ1v) is 6.67. The number of hydrogen-bond donors (Lipinski definition) is 1. The number of carbonyl (C=O) groups excluding carboxylic acids is 1. The highest BCUT2D eigenvalue weighted by Crippen LogP contribution is 2.17. The third-order valence-corrected chi connectivity index (χ3v) is 3.40. The minimum absolute atomic E-state index is 0.149. The predicted molar refractivity (Wildman–Crippen MR) is 78.5 cm³/mol. The smallest absolute Gasteiger partial charge is 0.252 e. The van der Waals surface area contributed by atoms with Gasteiger partial charge in [0, 0.05) is 10.6 Å². The van der Waals surface area contributed by atoms with Crippen molar-refractivity contribution in [1.29, 1.82) is 0 Å². The molecule has 0 heterocycles. The molecular formula is C16H15ClFNO. The normalized spacial score (nSPS) is 12.0. The Morgan fingerprint density at radius 1 is 1.20 bits per heavy atom. The molecule has 0 radical (unpaired) electrons. The van der Waals surface area contributed by atoms with Crippen LogP contribution in [0.2, 0.25) is 5.02 Å². The lowest BCUT2D eigenvalue weighted by Crippen LogP contribution is -2.27. The van der Waals surface area contributed by atoms with Gasteiger partial charge in [-0.25, -0.2) is 4.39 Å². The van der Waals surface area contributed by atoms with Gasteiger partial charge in [0.1, 0.15) is 5.82 Å². The molecule has 0 saturated heterocycles. The van der Waals surface area contributed by atoms with E-state index in [9.17, 15) is 9.18 Å². The molecule has 0 aliphatic heterocycles. The molecule has 1 atom stereocenters. The Balaban J connectivity index is 2.13. The second-order valence-electron chi connectivity index (χ2n) is 4.71. The molecule has 0 spiro atoms. The molecule has 0 fully saturated rings. The first-order chi connectivity index (χ1) is 9.47. The fraction of sp³-hybridized carbons (Fsp3) is 0.188. The van der Waals surface area contributed by atoms with Gasteiger partial charge in [0.25, 0.3) is 5.91 Å². The molecule has 2 nitrogen and oxygen atoms in total. The second kappa shape index (κ2) is 6.06. The van der Waals surface area contributed by atoms with E-state index in [2.05, 4.69) is 5.32 Å². The van der Waals surface area contributed by atoms with E-state index in [0.29, 0.717) is 16.1 Å². The topological polar surface area (TPSA) is 29.1 Å². The molecule has 0 bridgehead atoms. The fourth-order valence-corrected chi connectivity index (χ4v) is 2.12. The first-order valence-electron chi connectivity index (χ1n) is 6.30. The molecule has 4 heteroatoms. The van der Waals surface area contributed by atoms with E-state index in [1.165, 1.54) is 18.2 Å². The van der Waals surface area contributed by atoms with Crippen LogP contribution in [0.1, 0.15) is 34.5 Å². The predicted octanol–water partition coefficient (Wildman–Crippen LogP) is 4.28. The van der Waals surface area contributed by atoms with Gasteiger partial charge in [-0.3, -0.25) is 4.79 Å². The van der Waals surface area contributed by atoms with Gasteiger partial charge in [0.2, 0.25) is 0 Å². The zero-order chi connectivity index (χ0) is 14.7. The second-order valence-corrected chi connectivity index (χ2v) is 5.14. The number of benzene rings is 2. The van der Waals surface area contributed by atoms with Gasteiger partial charge in [0.15, 0.2) is 0 Å². The SMILES string of the molecule is Cc1cc(F)ccc1C(=O)NC(C)c1ccc(Cl)cc1. The van der Waals surface area contributed by atoms with Crippen LogP contribution in [-0.2, 0) is 0 Å². The van der Waals surface area contributed by atoms with Gasteiger partial charge in [-0.2, -0.15) is 0 Å². The number of halogens is 2. The summed E-state index contributed by atoms with van der Waals surface area (Å²) in [5, 5.41) is 3.54. The van der Waals surface area contributed by atoms with Gasteiger partial charge in [-0.1, -0.05) is 23.7 Å². The van der Waals surface area contributed by atoms with Crippen molar-refractivity contribution < 1.29 is 9.18 Å². The van der Waals surface area contributed by atoms with Crippen LogP contribution in [-0.4, -0.2) is 5.91 Å². The number of aryl methyl sites for hydroxylation is 1. The maximum atomic E-state index is 13.0. The van der Waals surface area contributed by atoms with Crippen molar-refractivity contribution in [2.75, 3.05) is 0 Å². The summed E-state index contributed by atoms with van der Waals surface area (Å²) in [5.74, 6) is -0.560. The molecule has 2 rings (SSSR count). The van der Waals surface area contributed by atoms with Crippen LogP contribution >= 0.6 is 11.6 Å². The number of hydrogen-bond acceptors (Lipinski definition) is 1. The molecule has 104 valence electrons. The van der Waals surface area contributed by atoms with Crippen molar-refractivity contribution >= 4 is 17.5 Å². The highest BCUT2D eigenvalue weighted by atomic mass is 35.5. The van der Waals surface area contributed by atoms with Crippen LogP contribution in [0.15, 0.2) is 42.5 Å². The summed E-state index contributed by atoms with van der Waals surface area (Å²) in [6.45, 7) is 3.60. The van der Waals surface area contributed by atoms with E-state index in [0.717, 1.165) is 5.56 Å². The molecule has 2 aromatic rings. The number of amides is 1. The zero-order valence-corrected chi connectivity index (χ0v) is 12.0. The Hall–Kier alpha value is -1.87. The van der Waals surface area contributed by atoms with Crippen LogP contribution in [0, 0.1) is 12.7 Å². The fourth-order valence-electron chi connectivity index (χ4n) is 1.99. The maximum absolute atomic E-state index is 13.0. The summed E-state index contributed by atoms with van der Waals surface area (Å²) in [6, 6.07) is 11.3. The summed E-state index contributed by atoms with van der Waals surface area (Å²) >= 11 is 5.83. The van der Waals surface area contributed by atoms with Crippen LogP contribution in [0.5, 0.6) is 0 Å². The molecule has 1 amide bonds. The van der Waals surface area contributed by atoms with Gasteiger partial charge in [-0.05, 0) is 55.3 Å². The average molecular weight is 292 g/mol. The van der Waals surface area contributed by atoms with E-state index < -0.39 is 0 Å². The van der Waals surface area contributed by atoms with Crippen LogP contribution in [0.3, 0.4) is 0 Å². The largest absolute Gasteiger partial charge is 0.346 e. The van der Waals surface area contributed by atoms with Crippen molar-refractivity contribution in [3.05, 3.63) is 70.0 Å². The van der Waals surface area contributed by atoms with Crippen LogP contribution in [0.25, 0.3) is 0 Å². The van der Waals surface area contributed by atoms with Gasteiger partial charge in [-0.15, -0.1) is 0 Å². The van der Waals surface area contributed by atoms with Crippen molar-refractivity contribution in [3.63, 3.8) is 0 Å². The molecule has 0 aliphatic rings. The summed E-state index contributed by atoms with van der Waals surface area (Å²) in [4.78, 5) is 12.2. The third kappa shape index (κ3) is 3.36. The quantitative estimate of drug-likeness (QED) is 0.898. The molecule has 20 heavy (non-hydrogen) atoms. The number of rotatable bonds is 3. The molecule has 1 N–H and O–H groups in total. The molecule has 0 saturated carbocycles. The Morgan fingerprint density at radius 2 is 1.85 bits per heavy atom. The highest BCUT2D eigenvalue weighted by molar-refractivity contribution is 6.30. The summed E-state index contributed by atoms with van der Waals surface area (Å²) in [5.41, 5.74) is 2.06. The van der Waals surface area contributed by atoms with E-state index in [-0.39, 0.29) is 17.8 Å². The van der Waals surface area contributed by atoms with Crippen molar-refractivity contribution in [1.82, 2.24) is 5.32 Å². The zero-order valence-electron chi connectivity index (χ0n) is 11.3. The lowest BCUT2D eigenvalue weighted by molar-refractivity contribution is 0.0939. The Bertz CT molecular complexity index is 625. The third-order valence-electron chi connectivity index (χ3n) is 3.15. The highest BCUT2D eigenvalue weighted by Gasteiger charge is 2.13. The monoisotopic (exact) mass is 291 g/mol. The van der Waals surface area contributed by atoms with Crippen LogP contribution < -0.4 is 5.32 Å². The minimum Gasteiger partial charge on any atom is -0.346 e.